The van der Waals surface area contributed by atoms with Crippen LogP contribution in [0, 0.1) is 11.3 Å². The minimum Gasteiger partial charge on any atom is -0.457 e. The molecule has 0 atom stereocenters. The van der Waals surface area contributed by atoms with E-state index in [1.165, 1.54) is 0 Å². The van der Waals surface area contributed by atoms with Crippen molar-refractivity contribution in [2.75, 3.05) is 37.7 Å². The molecule has 0 radical (unpaired) electrons. The summed E-state index contributed by atoms with van der Waals surface area (Å²) in [5.41, 5.74) is 1.63. The highest BCUT2D eigenvalue weighted by molar-refractivity contribution is 5.85. The molecular weight excluding hydrogens is 362 g/mol. The third-order valence-electron chi connectivity index (χ3n) is 5.17. The molecule has 2 aliphatic rings. The van der Waals surface area contributed by atoms with E-state index in [0.717, 1.165) is 57.1 Å². The number of nitrogens with one attached hydrogen (secondary N) is 1. The fraction of sp³-hybridized carbons (Fsp3) is 0.381. The molecule has 2 aromatic rings. The number of hydrogen-bond donors (Lipinski definition) is 1. The third kappa shape index (κ3) is 4.54. The van der Waals surface area contributed by atoms with Gasteiger partial charge in [-0.3, -0.25) is 0 Å². The van der Waals surface area contributed by atoms with Crippen LogP contribution in [0.25, 0.3) is 0 Å². The fourth-order valence-electron chi connectivity index (χ4n) is 3.71. The number of halogens is 1. The van der Waals surface area contributed by atoms with E-state index in [0.29, 0.717) is 11.3 Å². The Morgan fingerprint density at radius 2 is 1.85 bits per heavy atom. The van der Waals surface area contributed by atoms with Gasteiger partial charge in [-0.05, 0) is 37.1 Å². The van der Waals surface area contributed by atoms with Crippen molar-refractivity contribution in [3.8, 4) is 17.6 Å². The Balaban J connectivity index is 0.00000210. The maximum atomic E-state index is 9.40. The van der Waals surface area contributed by atoms with Crippen LogP contribution >= 0.6 is 12.4 Å². The number of nitrogens with zero attached hydrogens (tertiary/aromatic N) is 2. The summed E-state index contributed by atoms with van der Waals surface area (Å²) in [6, 6.07) is 17.7. The minimum absolute atomic E-state index is 0. The number of piperidine rings is 1. The molecule has 27 heavy (non-hydrogen) atoms. The summed E-state index contributed by atoms with van der Waals surface area (Å²) in [6.45, 7) is 4.50. The Morgan fingerprint density at radius 1 is 1.07 bits per heavy atom. The number of morpholine rings is 1. The number of rotatable bonds is 3. The zero-order valence-corrected chi connectivity index (χ0v) is 16.0. The van der Waals surface area contributed by atoms with Gasteiger partial charge in [0.15, 0.2) is 0 Å². The summed E-state index contributed by atoms with van der Waals surface area (Å²) in [5.74, 6) is 1.47. The first kappa shape index (κ1) is 19.5. The van der Waals surface area contributed by atoms with Crippen LogP contribution in [0.4, 0.5) is 5.69 Å². The maximum Gasteiger partial charge on any atom is 0.130 e. The lowest BCUT2D eigenvalue weighted by atomic mass is 9.89. The zero-order chi connectivity index (χ0) is 17.8. The maximum absolute atomic E-state index is 9.40. The molecule has 2 heterocycles. The van der Waals surface area contributed by atoms with Crippen LogP contribution in [-0.4, -0.2) is 38.4 Å². The summed E-state index contributed by atoms with van der Waals surface area (Å²) in [5, 5.41) is 12.8. The van der Waals surface area contributed by atoms with Crippen LogP contribution < -0.4 is 15.0 Å². The Morgan fingerprint density at radius 3 is 2.52 bits per heavy atom. The summed E-state index contributed by atoms with van der Waals surface area (Å²) in [4.78, 5) is 2.32. The number of nitriles is 1. The highest BCUT2D eigenvalue weighted by Gasteiger charge is 2.37. The third-order valence-corrected chi connectivity index (χ3v) is 5.17. The van der Waals surface area contributed by atoms with E-state index in [-0.39, 0.29) is 18.0 Å². The Kier molecular flexibility index (Phi) is 6.22. The van der Waals surface area contributed by atoms with E-state index in [1.807, 2.05) is 42.5 Å². The highest BCUT2D eigenvalue weighted by atomic mass is 35.5. The van der Waals surface area contributed by atoms with E-state index in [1.54, 1.807) is 6.07 Å². The van der Waals surface area contributed by atoms with Gasteiger partial charge in [0.1, 0.15) is 11.5 Å². The van der Waals surface area contributed by atoms with Gasteiger partial charge in [0.2, 0.25) is 0 Å². The molecule has 2 fully saturated rings. The lowest BCUT2D eigenvalue weighted by Gasteiger charge is -2.44. The number of anilines is 1. The predicted molar refractivity (Wildman–Crippen MR) is 108 cm³/mol. The van der Waals surface area contributed by atoms with Crippen LogP contribution in [0.15, 0.2) is 48.5 Å². The van der Waals surface area contributed by atoms with Crippen molar-refractivity contribution in [2.45, 2.75) is 18.4 Å². The van der Waals surface area contributed by atoms with Crippen molar-refractivity contribution in [1.82, 2.24) is 5.32 Å². The first-order valence-corrected chi connectivity index (χ1v) is 9.14. The van der Waals surface area contributed by atoms with Gasteiger partial charge in [0, 0.05) is 37.9 Å². The topological polar surface area (TPSA) is 57.5 Å². The molecule has 0 unspecified atom stereocenters. The van der Waals surface area contributed by atoms with Crippen LogP contribution in [0.3, 0.4) is 0 Å². The minimum atomic E-state index is -0.0229. The van der Waals surface area contributed by atoms with Gasteiger partial charge in [0.25, 0.3) is 0 Å². The molecule has 142 valence electrons. The average molecular weight is 386 g/mol. The van der Waals surface area contributed by atoms with E-state index in [9.17, 15) is 5.26 Å². The zero-order valence-electron chi connectivity index (χ0n) is 15.2. The van der Waals surface area contributed by atoms with Gasteiger partial charge in [-0.15, -0.1) is 12.4 Å². The number of hydrogen-bond acceptors (Lipinski definition) is 5. The van der Waals surface area contributed by atoms with Crippen molar-refractivity contribution in [3.05, 3.63) is 54.1 Å². The van der Waals surface area contributed by atoms with Gasteiger partial charge in [0.05, 0.1) is 23.8 Å². The van der Waals surface area contributed by atoms with Crippen LogP contribution in [0.2, 0.25) is 0 Å². The normalized spacial score (nSPS) is 18.4. The van der Waals surface area contributed by atoms with Gasteiger partial charge in [-0.1, -0.05) is 18.2 Å². The van der Waals surface area contributed by atoms with Crippen LogP contribution in [-0.2, 0) is 4.74 Å². The molecule has 2 saturated heterocycles. The average Bonchev–Trinajstić information content (AvgIpc) is 2.70. The summed E-state index contributed by atoms with van der Waals surface area (Å²) in [6.07, 6.45) is 1.98. The number of benzene rings is 2. The van der Waals surface area contributed by atoms with Gasteiger partial charge in [-0.25, -0.2) is 0 Å². The smallest absolute Gasteiger partial charge is 0.130 e. The molecule has 2 aliphatic heterocycles. The second-order valence-electron chi connectivity index (χ2n) is 6.94. The molecule has 5 nitrogen and oxygen atoms in total. The summed E-state index contributed by atoms with van der Waals surface area (Å²) >= 11 is 0. The number of ether oxygens (including phenoxy) is 2. The lowest BCUT2D eigenvalue weighted by Crippen LogP contribution is -2.55. The summed E-state index contributed by atoms with van der Waals surface area (Å²) in [7, 11) is 0. The largest absolute Gasteiger partial charge is 0.457 e. The van der Waals surface area contributed by atoms with Crippen molar-refractivity contribution in [3.63, 3.8) is 0 Å². The SMILES string of the molecule is Cl.N#Cc1cc(Oc2ccccc2)cc(N2CCC3(CC2)CNCCO3)c1. The first-order valence-electron chi connectivity index (χ1n) is 9.14. The van der Waals surface area contributed by atoms with E-state index in [4.69, 9.17) is 9.47 Å². The monoisotopic (exact) mass is 385 g/mol. The van der Waals surface area contributed by atoms with Gasteiger partial charge in [-0.2, -0.15) is 5.26 Å². The van der Waals surface area contributed by atoms with Crippen LogP contribution in [0.1, 0.15) is 18.4 Å². The highest BCUT2D eigenvalue weighted by Crippen LogP contribution is 2.33. The first-order chi connectivity index (χ1) is 12.8. The molecule has 4 rings (SSSR count). The van der Waals surface area contributed by atoms with E-state index in [2.05, 4.69) is 16.3 Å². The Bertz CT molecular complexity index is 791. The van der Waals surface area contributed by atoms with Gasteiger partial charge >= 0.3 is 0 Å². The number of para-hydroxylation sites is 1. The molecule has 0 saturated carbocycles. The molecule has 0 amide bonds. The second-order valence-corrected chi connectivity index (χ2v) is 6.94. The molecular formula is C21H24ClN3O2. The van der Waals surface area contributed by atoms with Crippen molar-refractivity contribution in [1.29, 1.82) is 5.26 Å². The molecule has 0 aromatic heterocycles. The Labute approximate surface area is 166 Å². The predicted octanol–water partition coefficient (Wildman–Crippen LogP) is 3.73. The van der Waals surface area contributed by atoms with Gasteiger partial charge < -0.3 is 19.7 Å². The second kappa shape index (κ2) is 8.62. The van der Waals surface area contributed by atoms with E-state index >= 15 is 0 Å². The summed E-state index contributed by atoms with van der Waals surface area (Å²) < 4.78 is 12.0. The molecule has 0 aliphatic carbocycles. The Hall–Kier alpha value is -2.26. The standard InChI is InChI=1S/C21H23N3O2.ClH/c22-15-17-12-18(14-20(13-17)26-19-4-2-1-3-5-19)24-9-6-21(7-10-24)16-23-8-11-25-21;/h1-5,12-14,23H,6-11,16H2;1H. The molecule has 1 spiro atoms. The lowest BCUT2D eigenvalue weighted by molar-refractivity contribution is -0.0799. The molecule has 0 bridgehead atoms. The quantitative estimate of drug-likeness (QED) is 0.872. The van der Waals surface area contributed by atoms with Crippen molar-refractivity contribution in [2.24, 2.45) is 0 Å². The van der Waals surface area contributed by atoms with E-state index < -0.39 is 0 Å². The molecule has 1 N–H and O–H groups in total. The fourth-order valence-corrected chi connectivity index (χ4v) is 3.71. The van der Waals surface area contributed by atoms with Crippen LogP contribution in [0.5, 0.6) is 11.5 Å². The molecule has 6 heteroatoms. The van der Waals surface area contributed by atoms with Crippen molar-refractivity contribution >= 4 is 18.1 Å². The van der Waals surface area contributed by atoms with Crippen molar-refractivity contribution < 1.29 is 9.47 Å². The molecule has 2 aromatic carbocycles.